The lowest BCUT2D eigenvalue weighted by Crippen LogP contribution is -2.40. The molecule has 1 aliphatic rings. The van der Waals surface area contributed by atoms with Gasteiger partial charge in [0, 0.05) is 19.6 Å². The predicted octanol–water partition coefficient (Wildman–Crippen LogP) is 0.141. The van der Waals surface area contributed by atoms with Gasteiger partial charge in [0.15, 0.2) is 5.96 Å². The van der Waals surface area contributed by atoms with Crippen LogP contribution in [0.1, 0.15) is 19.8 Å². The van der Waals surface area contributed by atoms with Gasteiger partial charge in [-0.2, -0.15) is 0 Å². The number of carbonyl (C=O) groups excluding carboxylic acids is 1. The Bertz CT molecular complexity index is 268. The second kappa shape index (κ2) is 6.19. The number of alkyl carbamates (subject to hydrolysis) is 1. The fraction of sp³-hybridized carbons (Fsp3) is 0.800. The van der Waals surface area contributed by atoms with Crippen LogP contribution in [0.3, 0.4) is 0 Å². The molecule has 1 saturated heterocycles. The van der Waals surface area contributed by atoms with E-state index in [1.54, 1.807) is 0 Å². The molecule has 0 aromatic carbocycles. The van der Waals surface area contributed by atoms with Gasteiger partial charge >= 0.3 is 6.09 Å². The molecule has 1 rings (SSSR count). The second-order valence-electron chi connectivity index (χ2n) is 3.81. The van der Waals surface area contributed by atoms with Crippen LogP contribution in [0, 0.1) is 0 Å². The highest BCUT2D eigenvalue weighted by Gasteiger charge is 2.25. The summed E-state index contributed by atoms with van der Waals surface area (Å²) < 4.78 is 4.54. The number of methoxy groups -OCH3 is 1. The third-order valence-corrected chi connectivity index (χ3v) is 2.52. The van der Waals surface area contributed by atoms with Crippen molar-refractivity contribution in [3.63, 3.8) is 0 Å². The number of hydrogen-bond acceptors (Lipinski definition) is 3. The first-order chi connectivity index (χ1) is 7.67. The van der Waals surface area contributed by atoms with Crippen molar-refractivity contribution in [3.05, 3.63) is 0 Å². The Morgan fingerprint density at radius 3 is 3.06 bits per heavy atom. The molecule has 1 aliphatic heterocycles. The average Bonchev–Trinajstić information content (AvgIpc) is 2.74. The molecule has 16 heavy (non-hydrogen) atoms. The fourth-order valence-corrected chi connectivity index (χ4v) is 1.64. The molecule has 1 heterocycles. The van der Waals surface area contributed by atoms with E-state index in [1.165, 1.54) is 7.11 Å². The van der Waals surface area contributed by atoms with Crippen molar-refractivity contribution in [2.45, 2.75) is 25.8 Å². The minimum absolute atomic E-state index is 0.0998. The van der Waals surface area contributed by atoms with Crippen LogP contribution < -0.4 is 11.1 Å². The van der Waals surface area contributed by atoms with Crippen LogP contribution in [0.2, 0.25) is 0 Å². The van der Waals surface area contributed by atoms with Crippen LogP contribution in [-0.2, 0) is 4.74 Å². The van der Waals surface area contributed by atoms with Crippen LogP contribution in [0.25, 0.3) is 0 Å². The Kier molecular flexibility index (Phi) is 4.88. The first-order valence-corrected chi connectivity index (χ1v) is 5.56. The van der Waals surface area contributed by atoms with E-state index < -0.39 is 6.09 Å². The van der Waals surface area contributed by atoms with Gasteiger partial charge in [0.1, 0.15) is 0 Å². The number of hydrogen-bond donors (Lipinski definition) is 2. The minimum Gasteiger partial charge on any atom is -0.453 e. The first-order valence-electron chi connectivity index (χ1n) is 5.56. The molecule has 0 bridgehead atoms. The minimum atomic E-state index is -0.393. The highest BCUT2D eigenvalue weighted by Crippen LogP contribution is 2.08. The smallest absolute Gasteiger partial charge is 0.407 e. The molecule has 0 spiro atoms. The van der Waals surface area contributed by atoms with Crippen molar-refractivity contribution in [3.8, 4) is 0 Å². The number of likely N-dealkylation sites (tertiary alicyclic amines) is 1. The van der Waals surface area contributed by atoms with Gasteiger partial charge in [-0.3, -0.25) is 4.99 Å². The lowest BCUT2D eigenvalue weighted by Gasteiger charge is -2.17. The maximum absolute atomic E-state index is 11.0. The van der Waals surface area contributed by atoms with Gasteiger partial charge in [-0.1, -0.05) is 6.92 Å². The van der Waals surface area contributed by atoms with Gasteiger partial charge in [-0.05, 0) is 12.8 Å². The van der Waals surface area contributed by atoms with Crippen LogP contribution in [0.4, 0.5) is 4.79 Å². The number of nitrogens with zero attached hydrogens (tertiary/aromatic N) is 2. The molecule has 1 unspecified atom stereocenters. The topological polar surface area (TPSA) is 80.0 Å². The Balaban J connectivity index is 2.37. The SMILES string of the molecule is CCCN=C(N)N1CCC(NC(=O)OC)C1. The largest absolute Gasteiger partial charge is 0.453 e. The van der Waals surface area contributed by atoms with Gasteiger partial charge in [0.2, 0.25) is 0 Å². The summed E-state index contributed by atoms with van der Waals surface area (Å²) in [4.78, 5) is 17.2. The summed E-state index contributed by atoms with van der Waals surface area (Å²) in [6.45, 7) is 4.33. The lowest BCUT2D eigenvalue weighted by atomic mass is 10.3. The number of carbonyl (C=O) groups is 1. The van der Waals surface area contributed by atoms with Crippen LogP contribution in [0.5, 0.6) is 0 Å². The molecule has 3 N–H and O–H groups in total. The van der Waals surface area contributed by atoms with Crippen molar-refractivity contribution in [2.75, 3.05) is 26.7 Å². The van der Waals surface area contributed by atoms with Gasteiger partial charge in [-0.25, -0.2) is 4.79 Å². The zero-order valence-corrected chi connectivity index (χ0v) is 9.90. The van der Waals surface area contributed by atoms with Gasteiger partial charge in [-0.15, -0.1) is 0 Å². The molecule has 0 aromatic rings. The number of nitrogens with one attached hydrogen (secondary N) is 1. The molecule has 92 valence electrons. The van der Waals surface area contributed by atoms with Gasteiger partial charge in [0.25, 0.3) is 0 Å². The molecule has 0 radical (unpaired) electrons. The van der Waals surface area contributed by atoms with E-state index in [2.05, 4.69) is 22.0 Å². The lowest BCUT2D eigenvalue weighted by molar-refractivity contribution is 0.167. The standard InChI is InChI=1S/C10H20N4O2/c1-3-5-12-9(11)14-6-4-8(7-14)13-10(15)16-2/h8H,3-7H2,1-2H3,(H2,11,12)(H,13,15). The van der Waals surface area contributed by atoms with Crippen LogP contribution in [-0.4, -0.2) is 49.7 Å². The summed E-state index contributed by atoms with van der Waals surface area (Å²) in [5.41, 5.74) is 5.82. The normalized spacial score (nSPS) is 21.0. The van der Waals surface area contributed by atoms with E-state index in [0.717, 1.165) is 25.9 Å². The van der Waals surface area contributed by atoms with Crippen LogP contribution in [0.15, 0.2) is 4.99 Å². The summed E-state index contributed by atoms with van der Waals surface area (Å²) in [6.07, 6.45) is 1.46. The van der Waals surface area contributed by atoms with Crippen molar-refractivity contribution in [1.29, 1.82) is 0 Å². The molecule has 0 saturated carbocycles. The molecule has 1 amide bonds. The first kappa shape index (κ1) is 12.6. The third kappa shape index (κ3) is 3.60. The number of rotatable bonds is 3. The molecule has 0 aromatic heterocycles. The fourth-order valence-electron chi connectivity index (χ4n) is 1.64. The molecule has 1 atom stereocenters. The Morgan fingerprint density at radius 2 is 2.44 bits per heavy atom. The summed E-state index contributed by atoms with van der Waals surface area (Å²) in [5.74, 6) is 0.566. The Labute approximate surface area is 95.8 Å². The molecule has 6 nitrogen and oxygen atoms in total. The number of amides is 1. The number of ether oxygens (including phenoxy) is 1. The third-order valence-electron chi connectivity index (χ3n) is 2.52. The molecule has 6 heteroatoms. The van der Waals surface area contributed by atoms with Crippen molar-refractivity contribution >= 4 is 12.1 Å². The maximum Gasteiger partial charge on any atom is 0.407 e. The summed E-state index contributed by atoms with van der Waals surface area (Å²) in [7, 11) is 1.36. The zero-order chi connectivity index (χ0) is 12.0. The maximum atomic E-state index is 11.0. The van der Waals surface area contributed by atoms with Crippen molar-refractivity contribution < 1.29 is 9.53 Å². The number of nitrogens with two attached hydrogens (primary N) is 1. The molecule has 1 fully saturated rings. The molecular weight excluding hydrogens is 208 g/mol. The van der Waals surface area contributed by atoms with E-state index in [9.17, 15) is 4.79 Å². The summed E-state index contributed by atoms with van der Waals surface area (Å²) in [6, 6.07) is 0.0998. The van der Waals surface area contributed by atoms with E-state index in [0.29, 0.717) is 12.5 Å². The zero-order valence-electron chi connectivity index (χ0n) is 9.90. The van der Waals surface area contributed by atoms with E-state index in [-0.39, 0.29) is 6.04 Å². The highest BCUT2D eigenvalue weighted by molar-refractivity contribution is 5.78. The monoisotopic (exact) mass is 228 g/mol. The number of aliphatic imine (C=N–C) groups is 1. The quantitative estimate of drug-likeness (QED) is 0.532. The van der Waals surface area contributed by atoms with Gasteiger partial charge < -0.3 is 20.7 Å². The molecular formula is C10H20N4O2. The number of guanidine groups is 1. The summed E-state index contributed by atoms with van der Waals surface area (Å²) >= 11 is 0. The van der Waals surface area contributed by atoms with Crippen LogP contribution >= 0.6 is 0 Å². The molecule has 0 aliphatic carbocycles. The van der Waals surface area contributed by atoms with Crippen molar-refractivity contribution in [2.24, 2.45) is 10.7 Å². The highest BCUT2D eigenvalue weighted by atomic mass is 16.5. The second-order valence-corrected chi connectivity index (χ2v) is 3.81. The summed E-state index contributed by atoms with van der Waals surface area (Å²) in [5, 5.41) is 2.76. The average molecular weight is 228 g/mol. The van der Waals surface area contributed by atoms with E-state index in [4.69, 9.17) is 5.73 Å². The predicted molar refractivity (Wildman–Crippen MR) is 62.3 cm³/mol. The van der Waals surface area contributed by atoms with Gasteiger partial charge in [0.05, 0.1) is 13.2 Å². The Morgan fingerprint density at radius 1 is 1.69 bits per heavy atom. The van der Waals surface area contributed by atoms with E-state index in [1.807, 2.05) is 4.90 Å². The Hall–Kier alpha value is -1.46. The van der Waals surface area contributed by atoms with E-state index >= 15 is 0 Å². The van der Waals surface area contributed by atoms with Crippen molar-refractivity contribution in [1.82, 2.24) is 10.2 Å².